The Hall–Kier alpha value is -3.03. The molecule has 0 aliphatic rings. The average molecular weight is 504 g/mol. The van der Waals surface area contributed by atoms with Crippen LogP contribution in [0.2, 0.25) is 0 Å². The Labute approximate surface area is 223 Å². The molecule has 0 amide bonds. The lowest BCUT2D eigenvalue weighted by Gasteiger charge is -2.25. The Morgan fingerprint density at radius 3 is 2.46 bits per heavy atom. The highest BCUT2D eigenvalue weighted by Crippen LogP contribution is 2.21. The number of aryl methyl sites for hydroxylation is 2. The van der Waals surface area contributed by atoms with Crippen LogP contribution in [0, 0.1) is 6.92 Å². The van der Waals surface area contributed by atoms with Crippen molar-refractivity contribution >= 4 is 17.5 Å². The molecule has 3 aromatic rings. The van der Waals surface area contributed by atoms with Gasteiger partial charge in [-0.05, 0) is 101 Å². The van der Waals surface area contributed by atoms with E-state index >= 15 is 0 Å². The topological polar surface area (TPSA) is 78.0 Å². The summed E-state index contributed by atoms with van der Waals surface area (Å²) in [6, 6.07) is 13.0. The van der Waals surface area contributed by atoms with Gasteiger partial charge < -0.3 is 20.9 Å². The van der Waals surface area contributed by atoms with Crippen LogP contribution < -0.4 is 16.0 Å². The van der Waals surface area contributed by atoms with E-state index in [2.05, 4.69) is 89.7 Å². The third kappa shape index (κ3) is 9.74. The number of hydrogen-bond acceptors (Lipinski definition) is 7. The van der Waals surface area contributed by atoms with Crippen LogP contribution in [0.4, 0.5) is 17.5 Å². The second kappa shape index (κ2) is 15.3. The molecule has 0 saturated heterocycles. The predicted octanol–water partition coefficient (Wildman–Crippen LogP) is 6.06. The zero-order valence-corrected chi connectivity index (χ0v) is 23.3. The fourth-order valence-electron chi connectivity index (χ4n) is 4.53. The van der Waals surface area contributed by atoms with Crippen molar-refractivity contribution in [1.29, 1.82) is 0 Å². The minimum atomic E-state index is 0.502. The summed E-state index contributed by atoms with van der Waals surface area (Å²) in [6.07, 6.45) is 8.12. The lowest BCUT2D eigenvalue weighted by Crippen LogP contribution is -2.40. The first kappa shape index (κ1) is 28.5. The Bertz CT molecular complexity index is 1060. The molecule has 0 fully saturated rings. The summed E-state index contributed by atoms with van der Waals surface area (Å²) in [7, 11) is 0. The Balaban J connectivity index is 1.46. The SMILES string of the molecule is CCCN(CCC)CC(C)NCCCNc1ccc(-c2ccnc(Nc3cc(C)cc(CC)c3)n2)cn1. The first-order chi connectivity index (χ1) is 18.0. The number of benzene rings is 1. The molecule has 1 unspecified atom stereocenters. The molecule has 1 atom stereocenters. The van der Waals surface area contributed by atoms with Crippen LogP contribution in [-0.4, -0.2) is 58.6 Å². The van der Waals surface area contributed by atoms with Crippen LogP contribution >= 0.6 is 0 Å². The normalized spacial score (nSPS) is 12.1. The summed E-state index contributed by atoms with van der Waals surface area (Å²) >= 11 is 0. The number of hydrogen-bond donors (Lipinski definition) is 3. The van der Waals surface area contributed by atoms with E-state index in [0.29, 0.717) is 12.0 Å². The molecule has 1 aromatic carbocycles. The maximum Gasteiger partial charge on any atom is 0.227 e. The lowest BCUT2D eigenvalue weighted by atomic mass is 10.1. The average Bonchev–Trinajstić information content (AvgIpc) is 2.89. The van der Waals surface area contributed by atoms with Crippen LogP contribution in [-0.2, 0) is 6.42 Å². The van der Waals surface area contributed by atoms with Crippen molar-refractivity contribution in [2.75, 3.05) is 43.4 Å². The number of anilines is 3. The predicted molar refractivity (Wildman–Crippen MR) is 157 cm³/mol. The zero-order chi connectivity index (χ0) is 26.5. The van der Waals surface area contributed by atoms with Gasteiger partial charge in [-0.1, -0.05) is 26.8 Å². The first-order valence-electron chi connectivity index (χ1n) is 13.9. The minimum Gasteiger partial charge on any atom is -0.370 e. The highest BCUT2D eigenvalue weighted by Gasteiger charge is 2.08. The van der Waals surface area contributed by atoms with E-state index in [0.717, 1.165) is 55.2 Å². The summed E-state index contributed by atoms with van der Waals surface area (Å²) in [5.41, 5.74) is 5.34. The molecule has 0 aliphatic carbocycles. The van der Waals surface area contributed by atoms with Gasteiger partial charge in [0, 0.05) is 42.8 Å². The summed E-state index contributed by atoms with van der Waals surface area (Å²) in [5, 5.41) is 10.4. The second-order valence-electron chi connectivity index (χ2n) is 9.82. The van der Waals surface area contributed by atoms with Crippen LogP contribution in [0.15, 0.2) is 48.8 Å². The van der Waals surface area contributed by atoms with E-state index in [1.54, 1.807) is 6.20 Å². The molecule has 7 heteroatoms. The Morgan fingerprint density at radius 2 is 1.76 bits per heavy atom. The summed E-state index contributed by atoms with van der Waals surface area (Å²) in [5.74, 6) is 1.47. The molecule has 2 heterocycles. The first-order valence-corrected chi connectivity index (χ1v) is 13.9. The van der Waals surface area contributed by atoms with Gasteiger partial charge in [0.15, 0.2) is 0 Å². The van der Waals surface area contributed by atoms with Crippen molar-refractivity contribution < 1.29 is 0 Å². The van der Waals surface area contributed by atoms with Crippen molar-refractivity contribution in [3.8, 4) is 11.3 Å². The molecule has 37 heavy (non-hydrogen) atoms. The van der Waals surface area contributed by atoms with Crippen LogP contribution in [0.25, 0.3) is 11.3 Å². The van der Waals surface area contributed by atoms with Crippen LogP contribution in [0.5, 0.6) is 0 Å². The molecule has 0 radical (unpaired) electrons. The largest absolute Gasteiger partial charge is 0.370 e. The highest BCUT2D eigenvalue weighted by molar-refractivity contribution is 5.63. The van der Waals surface area contributed by atoms with E-state index in [1.807, 2.05) is 18.3 Å². The number of pyridine rings is 1. The van der Waals surface area contributed by atoms with Gasteiger partial charge in [-0.15, -0.1) is 0 Å². The van der Waals surface area contributed by atoms with Crippen molar-refractivity contribution in [3.63, 3.8) is 0 Å². The molecular weight excluding hydrogens is 458 g/mol. The van der Waals surface area contributed by atoms with Crippen LogP contribution in [0.1, 0.15) is 58.1 Å². The third-order valence-electron chi connectivity index (χ3n) is 6.28. The van der Waals surface area contributed by atoms with Gasteiger partial charge in [-0.3, -0.25) is 0 Å². The monoisotopic (exact) mass is 503 g/mol. The second-order valence-corrected chi connectivity index (χ2v) is 9.82. The molecule has 7 nitrogen and oxygen atoms in total. The zero-order valence-electron chi connectivity index (χ0n) is 23.3. The fraction of sp³-hybridized carbons (Fsp3) is 0.500. The Kier molecular flexibility index (Phi) is 11.8. The summed E-state index contributed by atoms with van der Waals surface area (Å²) < 4.78 is 0. The Morgan fingerprint density at radius 1 is 0.946 bits per heavy atom. The van der Waals surface area contributed by atoms with Gasteiger partial charge >= 0.3 is 0 Å². The molecule has 0 bridgehead atoms. The molecule has 2 aromatic heterocycles. The molecule has 200 valence electrons. The molecule has 3 N–H and O–H groups in total. The fourth-order valence-corrected chi connectivity index (χ4v) is 4.53. The van der Waals surface area contributed by atoms with E-state index in [1.165, 1.54) is 37.1 Å². The van der Waals surface area contributed by atoms with Gasteiger partial charge in [0.05, 0.1) is 5.69 Å². The highest BCUT2D eigenvalue weighted by atomic mass is 15.1. The van der Waals surface area contributed by atoms with Gasteiger partial charge in [-0.25, -0.2) is 15.0 Å². The van der Waals surface area contributed by atoms with Crippen molar-refractivity contribution in [2.24, 2.45) is 0 Å². The van der Waals surface area contributed by atoms with Gasteiger partial charge in [0.2, 0.25) is 5.95 Å². The third-order valence-corrected chi connectivity index (χ3v) is 6.28. The molecule has 0 saturated carbocycles. The quantitative estimate of drug-likeness (QED) is 0.205. The number of nitrogens with zero attached hydrogens (tertiary/aromatic N) is 4. The summed E-state index contributed by atoms with van der Waals surface area (Å²) in [4.78, 5) is 16.3. The number of aromatic nitrogens is 3. The van der Waals surface area contributed by atoms with Gasteiger partial charge in [0.25, 0.3) is 0 Å². The van der Waals surface area contributed by atoms with Gasteiger partial charge in [-0.2, -0.15) is 0 Å². The van der Waals surface area contributed by atoms with E-state index in [9.17, 15) is 0 Å². The number of nitrogens with one attached hydrogen (secondary N) is 3. The smallest absolute Gasteiger partial charge is 0.227 e. The molecule has 0 spiro atoms. The van der Waals surface area contributed by atoms with Gasteiger partial charge in [0.1, 0.15) is 5.82 Å². The molecule has 3 rings (SSSR count). The van der Waals surface area contributed by atoms with Crippen LogP contribution in [0.3, 0.4) is 0 Å². The van der Waals surface area contributed by atoms with Crippen molar-refractivity contribution in [1.82, 2.24) is 25.2 Å². The maximum atomic E-state index is 4.71. The van der Waals surface area contributed by atoms with Crippen molar-refractivity contribution in [2.45, 2.75) is 66.3 Å². The van der Waals surface area contributed by atoms with E-state index < -0.39 is 0 Å². The van der Waals surface area contributed by atoms with Crippen molar-refractivity contribution in [3.05, 3.63) is 59.9 Å². The number of rotatable bonds is 16. The molecule has 0 aliphatic heterocycles. The van der Waals surface area contributed by atoms with E-state index in [4.69, 9.17) is 4.98 Å². The standard InChI is InChI=1S/C30H45N7/c1-6-16-37(17-7-2)22-24(5)31-13-9-14-32-29-11-10-26(21-34-29)28-12-15-33-30(36-28)35-27-19-23(4)18-25(8-3)20-27/h10-12,15,18-21,24,31H,6-9,13-14,16-17,22H2,1-5H3,(H,32,34)(H,33,35,36). The lowest BCUT2D eigenvalue weighted by molar-refractivity contribution is 0.248. The van der Waals surface area contributed by atoms with E-state index in [-0.39, 0.29) is 0 Å². The molecular formula is C30H45N7. The minimum absolute atomic E-state index is 0.502. The summed E-state index contributed by atoms with van der Waals surface area (Å²) in [6.45, 7) is 16.4. The maximum absolute atomic E-state index is 4.71.